The lowest BCUT2D eigenvalue weighted by Gasteiger charge is -2.25. The Morgan fingerprint density at radius 3 is 2.52 bits per heavy atom. The third-order valence-electron chi connectivity index (χ3n) is 4.20. The average Bonchev–Trinajstić information content (AvgIpc) is 2.66. The fourth-order valence-corrected chi connectivity index (χ4v) is 3.20. The smallest absolute Gasteiger partial charge is 0.251 e. The molecule has 2 aromatic carbocycles. The van der Waals surface area contributed by atoms with E-state index in [9.17, 15) is 14.0 Å². The molecule has 0 saturated heterocycles. The first-order valence-corrected chi connectivity index (χ1v) is 10.2. The second kappa shape index (κ2) is 10.1. The van der Waals surface area contributed by atoms with Crippen molar-refractivity contribution < 1.29 is 14.0 Å². The highest BCUT2D eigenvalue weighted by Gasteiger charge is 2.24. The number of amides is 2. The van der Waals surface area contributed by atoms with Crippen molar-refractivity contribution in [3.8, 4) is 0 Å². The monoisotopic (exact) mass is 388 g/mol. The van der Waals surface area contributed by atoms with Crippen LogP contribution in [-0.2, 0) is 11.3 Å². The lowest BCUT2D eigenvalue weighted by Crippen LogP contribution is -2.47. The van der Waals surface area contributed by atoms with Gasteiger partial charge in [-0.2, -0.15) is 11.8 Å². The number of halogens is 1. The Morgan fingerprint density at radius 1 is 1.19 bits per heavy atom. The van der Waals surface area contributed by atoms with Gasteiger partial charge < -0.3 is 10.2 Å². The van der Waals surface area contributed by atoms with Gasteiger partial charge in [0.2, 0.25) is 5.91 Å². The summed E-state index contributed by atoms with van der Waals surface area (Å²) in [6.07, 6.45) is 2.51. The third-order valence-corrected chi connectivity index (χ3v) is 4.85. The fourth-order valence-electron chi connectivity index (χ4n) is 2.73. The van der Waals surface area contributed by atoms with Crippen molar-refractivity contribution in [2.24, 2.45) is 0 Å². The van der Waals surface area contributed by atoms with Crippen LogP contribution in [0.25, 0.3) is 0 Å². The summed E-state index contributed by atoms with van der Waals surface area (Å²) >= 11 is 1.63. The molecule has 1 atom stereocenters. The van der Waals surface area contributed by atoms with Crippen LogP contribution in [0.5, 0.6) is 0 Å². The number of nitrogens with one attached hydrogen (secondary N) is 1. The topological polar surface area (TPSA) is 49.4 Å². The molecule has 0 radical (unpaired) electrons. The van der Waals surface area contributed by atoms with Crippen LogP contribution in [0.2, 0.25) is 0 Å². The molecule has 2 rings (SSSR count). The molecule has 0 heterocycles. The van der Waals surface area contributed by atoms with E-state index >= 15 is 0 Å². The summed E-state index contributed by atoms with van der Waals surface area (Å²) in [7, 11) is 1.69. The molecule has 0 bridgehead atoms. The number of benzene rings is 2. The summed E-state index contributed by atoms with van der Waals surface area (Å²) < 4.78 is 13.1. The molecule has 2 aromatic rings. The number of carbonyl (C=O) groups is 2. The van der Waals surface area contributed by atoms with Gasteiger partial charge in [0.1, 0.15) is 11.9 Å². The summed E-state index contributed by atoms with van der Waals surface area (Å²) in [6.45, 7) is 2.28. The van der Waals surface area contributed by atoms with E-state index in [0.717, 1.165) is 16.9 Å². The molecule has 27 heavy (non-hydrogen) atoms. The van der Waals surface area contributed by atoms with Crippen LogP contribution in [0.1, 0.15) is 27.9 Å². The van der Waals surface area contributed by atoms with Gasteiger partial charge >= 0.3 is 0 Å². The third kappa shape index (κ3) is 6.40. The molecule has 1 unspecified atom stereocenters. The van der Waals surface area contributed by atoms with E-state index in [0.29, 0.717) is 18.5 Å². The maximum absolute atomic E-state index is 13.1. The van der Waals surface area contributed by atoms with Gasteiger partial charge in [-0.05, 0) is 55.2 Å². The highest BCUT2D eigenvalue weighted by Crippen LogP contribution is 2.11. The number of nitrogens with zero attached hydrogens (tertiary/aromatic N) is 1. The summed E-state index contributed by atoms with van der Waals surface area (Å²) in [5.74, 6) is 0.0354. The molecule has 0 saturated carbocycles. The summed E-state index contributed by atoms with van der Waals surface area (Å²) in [4.78, 5) is 27.0. The minimum atomic E-state index is -0.601. The number of hydrogen-bond acceptors (Lipinski definition) is 3. The summed E-state index contributed by atoms with van der Waals surface area (Å²) in [6, 6.07) is 12.7. The normalized spacial score (nSPS) is 11.7. The molecule has 0 aromatic heterocycles. The van der Waals surface area contributed by atoms with Crippen LogP contribution in [0.15, 0.2) is 48.5 Å². The first-order chi connectivity index (χ1) is 12.9. The highest BCUT2D eigenvalue weighted by molar-refractivity contribution is 7.98. The zero-order valence-corrected chi connectivity index (χ0v) is 16.7. The molecule has 0 aliphatic rings. The molecule has 1 N–H and O–H groups in total. The molecule has 0 aliphatic carbocycles. The van der Waals surface area contributed by atoms with Crippen molar-refractivity contribution in [3.63, 3.8) is 0 Å². The van der Waals surface area contributed by atoms with Gasteiger partial charge in [0.05, 0.1) is 0 Å². The van der Waals surface area contributed by atoms with Crippen molar-refractivity contribution in [1.82, 2.24) is 10.2 Å². The first-order valence-electron chi connectivity index (χ1n) is 8.76. The van der Waals surface area contributed by atoms with Gasteiger partial charge in [-0.3, -0.25) is 9.59 Å². The maximum atomic E-state index is 13.1. The molecular formula is C21H25FN2O2S. The van der Waals surface area contributed by atoms with Crippen LogP contribution in [0.4, 0.5) is 4.39 Å². The van der Waals surface area contributed by atoms with E-state index in [1.165, 1.54) is 12.1 Å². The van der Waals surface area contributed by atoms with Crippen LogP contribution in [0.3, 0.4) is 0 Å². The quantitative estimate of drug-likeness (QED) is 0.751. The molecule has 6 heteroatoms. The van der Waals surface area contributed by atoms with Gasteiger partial charge in [-0.25, -0.2) is 4.39 Å². The van der Waals surface area contributed by atoms with E-state index in [1.807, 2.05) is 25.3 Å². The van der Waals surface area contributed by atoms with Crippen molar-refractivity contribution in [3.05, 3.63) is 71.0 Å². The number of rotatable bonds is 8. The van der Waals surface area contributed by atoms with Crippen LogP contribution in [-0.4, -0.2) is 41.8 Å². The zero-order chi connectivity index (χ0) is 19.8. The van der Waals surface area contributed by atoms with E-state index in [-0.39, 0.29) is 17.6 Å². The Labute approximate surface area is 164 Å². The lowest BCUT2D eigenvalue weighted by molar-refractivity contribution is -0.132. The first kappa shape index (κ1) is 21.0. The molecule has 4 nitrogen and oxygen atoms in total. The second-order valence-electron chi connectivity index (χ2n) is 6.50. The highest BCUT2D eigenvalue weighted by atomic mass is 32.2. The van der Waals surface area contributed by atoms with Crippen LogP contribution >= 0.6 is 11.8 Å². The number of aryl methyl sites for hydroxylation is 1. The van der Waals surface area contributed by atoms with Gasteiger partial charge in [0.25, 0.3) is 5.91 Å². The molecular weight excluding hydrogens is 363 g/mol. The van der Waals surface area contributed by atoms with Gasteiger partial charge in [-0.15, -0.1) is 0 Å². The van der Waals surface area contributed by atoms with Crippen molar-refractivity contribution in [2.75, 3.05) is 19.1 Å². The molecule has 0 fully saturated rings. The summed E-state index contributed by atoms with van der Waals surface area (Å²) in [5.41, 5.74) is 2.36. The number of hydrogen-bond donors (Lipinski definition) is 1. The van der Waals surface area contributed by atoms with Crippen molar-refractivity contribution >= 4 is 23.6 Å². The standard InChI is InChI=1S/C21H25FN2O2S/c1-15-5-4-6-17(13-15)20(25)23-19(11-12-27-3)21(26)24(2)14-16-7-9-18(22)10-8-16/h4-10,13,19H,11-12,14H2,1-3H3,(H,23,25). The van der Waals surface area contributed by atoms with E-state index < -0.39 is 6.04 Å². The second-order valence-corrected chi connectivity index (χ2v) is 7.48. The predicted molar refractivity (Wildman–Crippen MR) is 108 cm³/mol. The van der Waals surface area contributed by atoms with Crippen molar-refractivity contribution in [2.45, 2.75) is 25.9 Å². The zero-order valence-electron chi connectivity index (χ0n) is 15.9. The van der Waals surface area contributed by atoms with Gasteiger partial charge in [-0.1, -0.05) is 29.8 Å². The lowest BCUT2D eigenvalue weighted by atomic mass is 10.1. The Kier molecular flexibility index (Phi) is 7.85. The SMILES string of the molecule is CSCCC(NC(=O)c1cccc(C)c1)C(=O)N(C)Cc1ccc(F)cc1. The molecule has 2 amide bonds. The number of likely N-dealkylation sites (N-methyl/N-ethyl adjacent to an activating group) is 1. The Balaban J connectivity index is 2.07. The molecule has 144 valence electrons. The van der Waals surface area contributed by atoms with E-state index in [1.54, 1.807) is 48.0 Å². The van der Waals surface area contributed by atoms with Gasteiger partial charge in [0.15, 0.2) is 0 Å². The Bertz CT molecular complexity index is 780. The molecule has 0 aliphatic heterocycles. The predicted octanol–water partition coefficient (Wildman–Crippen LogP) is 3.64. The molecule has 0 spiro atoms. The summed E-state index contributed by atoms with van der Waals surface area (Å²) in [5, 5.41) is 2.87. The largest absolute Gasteiger partial charge is 0.340 e. The van der Waals surface area contributed by atoms with E-state index in [4.69, 9.17) is 0 Å². The minimum absolute atomic E-state index is 0.158. The van der Waals surface area contributed by atoms with E-state index in [2.05, 4.69) is 5.32 Å². The van der Waals surface area contributed by atoms with Crippen LogP contribution in [0, 0.1) is 12.7 Å². The van der Waals surface area contributed by atoms with Crippen molar-refractivity contribution in [1.29, 1.82) is 0 Å². The maximum Gasteiger partial charge on any atom is 0.251 e. The Morgan fingerprint density at radius 2 is 1.89 bits per heavy atom. The van der Waals surface area contributed by atoms with Gasteiger partial charge in [0, 0.05) is 19.2 Å². The fraction of sp³-hybridized carbons (Fsp3) is 0.333. The number of carbonyl (C=O) groups excluding carboxylic acids is 2. The number of thioether (sulfide) groups is 1. The van der Waals surface area contributed by atoms with Crippen LogP contribution < -0.4 is 5.32 Å². The Hall–Kier alpha value is -2.34. The minimum Gasteiger partial charge on any atom is -0.340 e. The average molecular weight is 389 g/mol.